The third kappa shape index (κ3) is 3.41. The minimum Gasteiger partial charge on any atom is -0.342 e. The van der Waals surface area contributed by atoms with Gasteiger partial charge in [-0.1, -0.05) is 10.4 Å². The minimum absolute atomic E-state index is 0.285. The number of hydrogen-bond acceptors (Lipinski definition) is 7. The van der Waals surface area contributed by atoms with Crippen molar-refractivity contribution in [1.82, 2.24) is 30.5 Å². The van der Waals surface area contributed by atoms with Gasteiger partial charge in [0.25, 0.3) is 5.91 Å². The molecule has 25 heavy (non-hydrogen) atoms. The van der Waals surface area contributed by atoms with E-state index in [0.717, 1.165) is 31.5 Å². The number of anilines is 1. The molecule has 128 valence electrons. The molecule has 4 rings (SSSR count). The Morgan fingerprint density at radius 3 is 2.76 bits per heavy atom. The van der Waals surface area contributed by atoms with Crippen LogP contribution in [0.3, 0.4) is 0 Å². The van der Waals surface area contributed by atoms with Crippen LogP contribution in [0.1, 0.15) is 29.4 Å². The molecule has 0 radical (unpaired) electrons. The van der Waals surface area contributed by atoms with Crippen LogP contribution < -0.4 is 10.6 Å². The van der Waals surface area contributed by atoms with Crippen LogP contribution in [0.4, 0.5) is 5.69 Å². The molecule has 9 nitrogen and oxygen atoms in total. The van der Waals surface area contributed by atoms with Gasteiger partial charge in [-0.05, 0) is 50.2 Å². The van der Waals surface area contributed by atoms with Gasteiger partial charge >= 0.3 is 0 Å². The van der Waals surface area contributed by atoms with Gasteiger partial charge in [0, 0.05) is 11.3 Å². The summed E-state index contributed by atoms with van der Waals surface area (Å²) in [7, 11) is 0. The molecule has 1 aliphatic heterocycles. The van der Waals surface area contributed by atoms with Gasteiger partial charge in [0.1, 0.15) is 0 Å². The SMILES string of the molecule is O=C(Nc1ccc(-c2ncon2)cc1)c1cn(C2CCNCC2)nn1. The van der Waals surface area contributed by atoms with E-state index < -0.39 is 0 Å². The van der Waals surface area contributed by atoms with Crippen molar-refractivity contribution >= 4 is 11.6 Å². The van der Waals surface area contributed by atoms with Crippen LogP contribution in [0, 0.1) is 0 Å². The van der Waals surface area contributed by atoms with E-state index in [2.05, 4.69) is 31.1 Å². The van der Waals surface area contributed by atoms with Crippen molar-refractivity contribution in [2.24, 2.45) is 0 Å². The molecule has 1 aromatic carbocycles. The van der Waals surface area contributed by atoms with E-state index in [1.807, 2.05) is 12.1 Å². The van der Waals surface area contributed by atoms with Gasteiger partial charge in [0.2, 0.25) is 12.2 Å². The third-order valence-electron chi connectivity index (χ3n) is 4.19. The lowest BCUT2D eigenvalue weighted by Gasteiger charge is -2.22. The summed E-state index contributed by atoms with van der Waals surface area (Å²) < 4.78 is 6.51. The Bertz CT molecular complexity index is 836. The highest BCUT2D eigenvalue weighted by atomic mass is 16.5. The summed E-state index contributed by atoms with van der Waals surface area (Å²) in [4.78, 5) is 16.3. The lowest BCUT2D eigenvalue weighted by atomic mass is 10.1. The number of carbonyl (C=O) groups is 1. The first kappa shape index (κ1) is 15.5. The summed E-state index contributed by atoms with van der Waals surface area (Å²) in [6, 6.07) is 7.48. The maximum Gasteiger partial charge on any atom is 0.277 e. The van der Waals surface area contributed by atoms with E-state index in [4.69, 9.17) is 4.52 Å². The van der Waals surface area contributed by atoms with Gasteiger partial charge in [-0.25, -0.2) is 4.68 Å². The lowest BCUT2D eigenvalue weighted by Crippen LogP contribution is -2.29. The maximum atomic E-state index is 12.3. The van der Waals surface area contributed by atoms with Crippen molar-refractivity contribution in [2.75, 3.05) is 18.4 Å². The van der Waals surface area contributed by atoms with Gasteiger partial charge in [-0.2, -0.15) is 4.98 Å². The number of benzene rings is 1. The molecular weight excluding hydrogens is 322 g/mol. The molecule has 0 bridgehead atoms. The fraction of sp³-hybridized carbons (Fsp3) is 0.312. The topological polar surface area (TPSA) is 111 Å². The second-order valence-electron chi connectivity index (χ2n) is 5.85. The zero-order valence-electron chi connectivity index (χ0n) is 13.4. The van der Waals surface area contributed by atoms with Crippen molar-refractivity contribution in [3.05, 3.63) is 42.5 Å². The van der Waals surface area contributed by atoms with E-state index in [0.29, 0.717) is 23.2 Å². The van der Waals surface area contributed by atoms with Crippen LogP contribution >= 0.6 is 0 Å². The molecule has 0 atom stereocenters. The van der Waals surface area contributed by atoms with Gasteiger partial charge in [0.15, 0.2) is 5.69 Å². The molecule has 0 spiro atoms. The van der Waals surface area contributed by atoms with E-state index in [9.17, 15) is 4.79 Å². The van der Waals surface area contributed by atoms with Crippen LogP contribution in [-0.4, -0.2) is 44.1 Å². The van der Waals surface area contributed by atoms with Crippen LogP contribution in [0.15, 0.2) is 41.4 Å². The number of aromatic nitrogens is 5. The average Bonchev–Trinajstić information content (AvgIpc) is 3.35. The molecule has 3 aromatic rings. The van der Waals surface area contributed by atoms with Crippen LogP contribution in [0.2, 0.25) is 0 Å². The fourth-order valence-electron chi connectivity index (χ4n) is 2.83. The number of nitrogens with zero attached hydrogens (tertiary/aromatic N) is 5. The molecule has 1 fully saturated rings. The monoisotopic (exact) mass is 339 g/mol. The standard InChI is InChI=1S/C16H17N7O2/c24-16(14-9-23(22-20-14)13-5-7-17-8-6-13)19-12-3-1-11(2-4-12)15-18-10-25-21-15/h1-4,9-10,13,17H,5-8H2,(H,19,24). The maximum absolute atomic E-state index is 12.3. The zero-order valence-corrected chi connectivity index (χ0v) is 13.4. The first-order valence-electron chi connectivity index (χ1n) is 8.10. The van der Waals surface area contributed by atoms with Gasteiger partial charge in [-0.3, -0.25) is 4.79 Å². The summed E-state index contributed by atoms with van der Waals surface area (Å²) in [6.45, 7) is 1.91. The molecule has 0 unspecified atom stereocenters. The molecule has 9 heteroatoms. The largest absolute Gasteiger partial charge is 0.342 e. The Morgan fingerprint density at radius 1 is 1.24 bits per heavy atom. The fourth-order valence-corrected chi connectivity index (χ4v) is 2.83. The Balaban J connectivity index is 1.42. The normalized spacial score (nSPS) is 15.2. The summed E-state index contributed by atoms with van der Waals surface area (Å²) in [5.41, 5.74) is 1.78. The first-order chi connectivity index (χ1) is 12.3. The summed E-state index contributed by atoms with van der Waals surface area (Å²) in [6.07, 6.45) is 4.96. The van der Waals surface area contributed by atoms with Crippen LogP contribution in [0.5, 0.6) is 0 Å². The molecule has 1 amide bonds. The number of rotatable bonds is 4. The Labute approximate surface area is 143 Å². The number of amides is 1. The van der Waals surface area contributed by atoms with E-state index >= 15 is 0 Å². The molecule has 2 N–H and O–H groups in total. The second-order valence-corrected chi connectivity index (χ2v) is 5.85. The quantitative estimate of drug-likeness (QED) is 0.741. The summed E-state index contributed by atoms with van der Waals surface area (Å²) in [5, 5.41) is 18.0. The van der Waals surface area contributed by atoms with Crippen LogP contribution in [0.25, 0.3) is 11.4 Å². The van der Waals surface area contributed by atoms with Crippen molar-refractivity contribution in [3.63, 3.8) is 0 Å². The average molecular weight is 339 g/mol. The van der Waals surface area contributed by atoms with Crippen molar-refractivity contribution < 1.29 is 9.32 Å². The zero-order chi connectivity index (χ0) is 17.1. The molecule has 2 aromatic heterocycles. The highest BCUT2D eigenvalue weighted by Crippen LogP contribution is 2.19. The predicted octanol–water partition coefficient (Wildman–Crippen LogP) is 1.50. The van der Waals surface area contributed by atoms with Gasteiger partial charge in [-0.15, -0.1) is 5.10 Å². The van der Waals surface area contributed by atoms with Crippen molar-refractivity contribution in [3.8, 4) is 11.4 Å². The Hall–Kier alpha value is -3.07. The van der Waals surface area contributed by atoms with Crippen molar-refractivity contribution in [2.45, 2.75) is 18.9 Å². The number of piperidine rings is 1. The highest BCUT2D eigenvalue weighted by Gasteiger charge is 2.18. The molecule has 3 heterocycles. The molecule has 0 aliphatic carbocycles. The molecule has 1 saturated heterocycles. The third-order valence-corrected chi connectivity index (χ3v) is 4.19. The van der Waals surface area contributed by atoms with Crippen molar-refractivity contribution in [1.29, 1.82) is 0 Å². The molecule has 0 saturated carbocycles. The lowest BCUT2D eigenvalue weighted by molar-refractivity contribution is 0.102. The highest BCUT2D eigenvalue weighted by molar-refractivity contribution is 6.02. The summed E-state index contributed by atoms with van der Waals surface area (Å²) >= 11 is 0. The molecule has 1 aliphatic rings. The van der Waals surface area contributed by atoms with Gasteiger partial charge < -0.3 is 15.2 Å². The van der Waals surface area contributed by atoms with E-state index in [-0.39, 0.29) is 5.91 Å². The first-order valence-corrected chi connectivity index (χ1v) is 8.10. The van der Waals surface area contributed by atoms with E-state index in [1.54, 1.807) is 23.0 Å². The smallest absolute Gasteiger partial charge is 0.277 e. The minimum atomic E-state index is -0.285. The van der Waals surface area contributed by atoms with Gasteiger partial charge in [0.05, 0.1) is 12.2 Å². The Morgan fingerprint density at radius 2 is 2.04 bits per heavy atom. The number of hydrogen-bond donors (Lipinski definition) is 2. The number of nitrogens with one attached hydrogen (secondary N) is 2. The summed E-state index contributed by atoms with van der Waals surface area (Å²) in [5.74, 6) is 0.218. The van der Waals surface area contributed by atoms with E-state index in [1.165, 1.54) is 6.39 Å². The van der Waals surface area contributed by atoms with Crippen LogP contribution in [-0.2, 0) is 0 Å². The molecular formula is C16H17N7O2. The number of carbonyl (C=O) groups excluding carboxylic acids is 1. The predicted molar refractivity (Wildman–Crippen MR) is 88.8 cm³/mol. The Kier molecular flexibility index (Phi) is 4.21. The second kappa shape index (κ2) is 6.81.